The molecule has 37 heavy (non-hydrogen) atoms. The molecular weight excluding hydrogens is 486 g/mol. The van der Waals surface area contributed by atoms with Crippen molar-refractivity contribution in [1.82, 2.24) is 14.9 Å². The molecule has 1 fully saturated rings. The highest BCUT2D eigenvalue weighted by atomic mass is 35.5. The lowest BCUT2D eigenvalue weighted by Crippen LogP contribution is -2.36. The minimum absolute atomic E-state index is 0.130. The zero-order valence-corrected chi connectivity index (χ0v) is 21.4. The summed E-state index contributed by atoms with van der Waals surface area (Å²) in [4.78, 5) is 36.1. The summed E-state index contributed by atoms with van der Waals surface area (Å²) < 4.78 is 0. The summed E-state index contributed by atoms with van der Waals surface area (Å²) in [6.07, 6.45) is 7.66. The maximum absolute atomic E-state index is 13.3. The number of halogens is 1. The maximum atomic E-state index is 13.3. The number of carbonyl (C=O) groups is 1. The van der Waals surface area contributed by atoms with Crippen LogP contribution in [0.3, 0.4) is 0 Å². The topological polar surface area (TPSA) is 86.3 Å². The number of rotatable bonds is 5. The Balaban J connectivity index is 1.28. The average Bonchev–Trinajstić information content (AvgIpc) is 3.60. The van der Waals surface area contributed by atoms with Gasteiger partial charge in [0.1, 0.15) is 5.82 Å². The number of allylic oxidation sites excluding steroid dienone is 2. The lowest BCUT2D eigenvalue weighted by molar-refractivity contribution is -0.141. The minimum Gasteiger partial charge on any atom is -0.378 e. The van der Waals surface area contributed by atoms with Crippen LogP contribution in [0.4, 0.5) is 0 Å². The number of benzene rings is 2. The molecule has 1 atom stereocenters. The number of aromatic amines is 1. The fourth-order valence-corrected chi connectivity index (χ4v) is 5.96. The van der Waals surface area contributed by atoms with Crippen LogP contribution in [0.1, 0.15) is 78.4 Å². The van der Waals surface area contributed by atoms with Gasteiger partial charge in [0.05, 0.1) is 23.2 Å². The van der Waals surface area contributed by atoms with E-state index in [1.165, 1.54) is 23.1 Å². The van der Waals surface area contributed by atoms with Crippen LogP contribution in [-0.2, 0) is 23.2 Å². The van der Waals surface area contributed by atoms with Crippen LogP contribution >= 0.6 is 11.6 Å². The molecule has 1 aromatic heterocycles. The molecule has 1 amide bonds. The molecule has 2 N–H and O–H groups in total. The van der Waals surface area contributed by atoms with Crippen molar-refractivity contribution >= 4 is 23.1 Å². The normalized spacial score (nSPS) is 19.1. The lowest BCUT2D eigenvalue weighted by atomic mass is 9.91. The molecule has 0 unspecified atom stereocenters. The zero-order valence-electron chi connectivity index (χ0n) is 20.7. The summed E-state index contributed by atoms with van der Waals surface area (Å²) in [6, 6.07) is 15.4. The van der Waals surface area contributed by atoms with Crippen molar-refractivity contribution in [2.75, 3.05) is 6.54 Å². The van der Waals surface area contributed by atoms with E-state index in [2.05, 4.69) is 35.3 Å². The molecule has 6 nitrogen and oxygen atoms in total. The predicted molar refractivity (Wildman–Crippen MR) is 143 cm³/mol. The third-order valence-corrected chi connectivity index (χ3v) is 8.27. The van der Waals surface area contributed by atoms with Crippen LogP contribution in [0.2, 0.25) is 5.02 Å². The number of H-pyrrole nitrogens is 1. The maximum Gasteiger partial charge on any atom is 0.256 e. The molecule has 0 radical (unpaired) electrons. The van der Waals surface area contributed by atoms with Gasteiger partial charge in [-0.3, -0.25) is 9.59 Å². The van der Waals surface area contributed by atoms with E-state index in [0.717, 1.165) is 37.2 Å². The van der Waals surface area contributed by atoms with E-state index in [1.54, 1.807) is 29.2 Å². The first-order valence-electron chi connectivity index (χ1n) is 13.1. The third kappa shape index (κ3) is 4.53. The van der Waals surface area contributed by atoms with E-state index in [0.29, 0.717) is 35.5 Å². The van der Waals surface area contributed by atoms with Crippen molar-refractivity contribution in [3.05, 3.63) is 104 Å². The number of nitrogens with one attached hydrogen (secondary N) is 1. The Labute approximate surface area is 221 Å². The van der Waals surface area contributed by atoms with Crippen LogP contribution in [0.25, 0.3) is 5.57 Å². The number of carbonyl (C=O) groups excluding carboxylic acids is 1. The molecule has 0 bridgehead atoms. The number of aliphatic hydroxyl groups is 1. The Morgan fingerprint density at radius 2 is 1.95 bits per heavy atom. The van der Waals surface area contributed by atoms with Gasteiger partial charge in [-0.15, -0.1) is 0 Å². The van der Waals surface area contributed by atoms with Crippen molar-refractivity contribution in [1.29, 1.82) is 0 Å². The third-order valence-electron chi connectivity index (χ3n) is 8.03. The van der Waals surface area contributed by atoms with E-state index in [-0.39, 0.29) is 17.5 Å². The Hall–Kier alpha value is -3.22. The zero-order chi connectivity index (χ0) is 25.6. The molecule has 2 aromatic carbocycles. The number of fused-ring (bicyclic) bond motifs is 1. The monoisotopic (exact) mass is 515 g/mol. The molecule has 0 spiro atoms. The number of amides is 1. The molecule has 7 heteroatoms. The van der Waals surface area contributed by atoms with Crippen molar-refractivity contribution < 1.29 is 9.90 Å². The van der Waals surface area contributed by atoms with Gasteiger partial charge in [-0.1, -0.05) is 54.1 Å². The van der Waals surface area contributed by atoms with Crippen LogP contribution in [0.15, 0.2) is 59.4 Å². The summed E-state index contributed by atoms with van der Waals surface area (Å²) in [5, 5.41) is 11.2. The molecule has 3 aromatic rings. The van der Waals surface area contributed by atoms with E-state index >= 15 is 0 Å². The summed E-state index contributed by atoms with van der Waals surface area (Å²) in [6.45, 7) is 0.578. The SMILES string of the molecule is O=C([C@H](O)c1cccc(Cl)c1)N1CCCc2nc(C3(c4cccc(C5=CCCC5)c4)CC3)[nH]c(=O)c2C1. The second kappa shape index (κ2) is 9.58. The Kier molecular flexibility index (Phi) is 6.25. The number of aryl methyl sites for hydroxylation is 1. The number of nitrogens with zero attached hydrogens (tertiary/aromatic N) is 2. The molecule has 6 rings (SSSR count). The van der Waals surface area contributed by atoms with Crippen molar-refractivity contribution in [2.45, 2.75) is 63.0 Å². The van der Waals surface area contributed by atoms with Crippen molar-refractivity contribution in [3.8, 4) is 0 Å². The molecular formula is C30H30ClN3O3. The van der Waals surface area contributed by atoms with Crippen molar-refractivity contribution in [2.24, 2.45) is 0 Å². The van der Waals surface area contributed by atoms with Gasteiger partial charge in [0.2, 0.25) is 0 Å². The van der Waals surface area contributed by atoms with Gasteiger partial charge in [-0.2, -0.15) is 0 Å². The van der Waals surface area contributed by atoms with E-state index < -0.39 is 12.0 Å². The smallest absolute Gasteiger partial charge is 0.256 e. The van der Waals surface area contributed by atoms with Crippen LogP contribution in [0.5, 0.6) is 0 Å². The fraction of sp³-hybridized carbons (Fsp3) is 0.367. The van der Waals surface area contributed by atoms with E-state index in [4.69, 9.17) is 16.6 Å². The standard InChI is InChI=1S/C30H30ClN3O3/c31-23-11-4-9-21(17-23)26(35)28(37)34-15-5-12-25-24(18-34)27(36)33-29(32-25)30(13-14-30)22-10-3-8-20(16-22)19-6-1-2-7-19/h3-4,6,8-11,16-17,26,35H,1-2,5,7,12-15,18H2,(H,32,33,36)/t26-/m1/s1. The Morgan fingerprint density at radius 3 is 2.70 bits per heavy atom. The van der Waals surface area contributed by atoms with Gasteiger partial charge in [0, 0.05) is 11.6 Å². The number of aromatic nitrogens is 2. The molecule has 1 aliphatic heterocycles. The predicted octanol–water partition coefficient (Wildman–Crippen LogP) is 5.08. The van der Waals surface area contributed by atoms with E-state index in [1.807, 2.05) is 0 Å². The largest absolute Gasteiger partial charge is 0.378 e. The van der Waals surface area contributed by atoms with E-state index in [9.17, 15) is 14.7 Å². The molecule has 2 aliphatic carbocycles. The molecule has 2 heterocycles. The molecule has 1 saturated carbocycles. The lowest BCUT2D eigenvalue weighted by Gasteiger charge is -2.24. The fourth-order valence-electron chi connectivity index (χ4n) is 5.77. The summed E-state index contributed by atoms with van der Waals surface area (Å²) in [7, 11) is 0. The first-order chi connectivity index (χ1) is 17.9. The quantitative estimate of drug-likeness (QED) is 0.496. The van der Waals surface area contributed by atoms with Gasteiger partial charge in [0.25, 0.3) is 11.5 Å². The number of hydrogen-bond acceptors (Lipinski definition) is 4. The summed E-state index contributed by atoms with van der Waals surface area (Å²) >= 11 is 6.04. The van der Waals surface area contributed by atoms with Gasteiger partial charge >= 0.3 is 0 Å². The minimum atomic E-state index is -1.33. The first-order valence-corrected chi connectivity index (χ1v) is 13.5. The molecule has 190 valence electrons. The second-order valence-corrected chi connectivity index (χ2v) is 10.9. The Morgan fingerprint density at radius 1 is 1.11 bits per heavy atom. The molecule has 3 aliphatic rings. The highest BCUT2D eigenvalue weighted by Crippen LogP contribution is 2.52. The summed E-state index contributed by atoms with van der Waals surface area (Å²) in [5.74, 6) is 0.294. The van der Waals surface area contributed by atoms with Gasteiger partial charge in [-0.25, -0.2) is 4.98 Å². The van der Waals surface area contributed by atoms with Gasteiger partial charge in [-0.05, 0) is 79.3 Å². The van der Waals surface area contributed by atoms with Crippen LogP contribution in [0, 0.1) is 0 Å². The average molecular weight is 516 g/mol. The molecule has 0 saturated heterocycles. The Bertz CT molecular complexity index is 1460. The number of aliphatic hydroxyl groups excluding tert-OH is 1. The highest BCUT2D eigenvalue weighted by Gasteiger charge is 2.49. The first kappa shape index (κ1) is 24.1. The summed E-state index contributed by atoms with van der Waals surface area (Å²) in [5.41, 5.74) is 5.13. The van der Waals surface area contributed by atoms with Gasteiger partial charge in [0.15, 0.2) is 6.10 Å². The highest BCUT2D eigenvalue weighted by molar-refractivity contribution is 6.30. The van der Waals surface area contributed by atoms with Gasteiger partial charge < -0.3 is 15.0 Å². The second-order valence-electron chi connectivity index (χ2n) is 10.4. The van der Waals surface area contributed by atoms with Crippen LogP contribution in [-0.4, -0.2) is 32.4 Å². The number of hydrogen-bond donors (Lipinski definition) is 2. The van der Waals surface area contributed by atoms with Crippen LogP contribution < -0.4 is 5.56 Å². The van der Waals surface area contributed by atoms with Crippen molar-refractivity contribution in [3.63, 3.8) is 0 Å².